The summed E-state index contributed by atoms with van der Waals surface area (Å²) >= 11 is 0. The van der Waals surface area contributed by atoms with Crippen LogP contribution in [-0.2, 0) is 0 Å². The third-order valence-corrected chi connectivity index (χ3v) is 4.66. The van der Waals surface area contributed by atoms with Crippen molar-refractivity contribution in [1.82, 2.24) is 10.2 Å². The smallest absolute Gasteiger partial charge is 0.103 e. The van der Waals surface area contributed by atoms with Crippen LogP contribution in [0.15, 0.2) is 0 Å². The van der Waals surface area contributed by atoms with Gasteiger partial charge in [-0.1, -0.05) is 26.7 Å². The molecule has 0 aromatic rings. The van der Waals surface area contributed by atoms with Crippen LogP contribution in [0.2, 0.25) is 0 Å². The lowest BCUT2D eigenvalue weighted by molar-refractivity contribution is 0.189. The monoisotopic (exact) mass is 279 g/mol. The number of unbranched alkanes of at least 4 members (excludes halogenated alkanes) is 1. The highest BCUT2D eigenvalue weighted by molar-refractivity contribution is 5.03. The summed E-state index contributed by atoms with van der Waals surface area (Å²) in [6, 6.07) is 3.22. The maximum Gasteiger partial charge on any atom is 0.103 e. The van der Waals surface area contributed by atoms with E-state index in [0.717, 1.165) is 25.4 Å². The summed E-state index contributed by atoms with van der Waals surface area (Å²) in [5.41, 5.74) is -0.336. The molecule has 0 radical (unpaired) electrons. The van der Waals surface area contributed by atoms with E-state index in [0.29, 0.717) is 0 Å². The third kappa shape index (κ3) is 5.81. The highest BCUT2D eigenvalue weighted by Crippen LogP contribution is 2.20. The summed E-state index contributed by atoms with van der Waals surface area (Å²) in [5.74, 6) is 0. The van der Waals surface area contributed by atoms with Crippen LogP contribution in [0.3, 0.4) is 0 Å². The Morgan fingerprint density at radius 1 is 1.25 bits per heavy atom. The Balaban J connectivity index is 2.30. The SMILES string of the molecule is CCNC(C)(C#N)CCCCN1CCCCCC1CC. The first-order valence-corrected chi connectivity index (χ1v) is 8.55. The maximum atomic E-state index is 9.26. The van der Waals surface area contributed by atoms with Crippen LogP contribution in [0.1, 0.15) is 72.1 Å². The van der Waals surface area contributed by atoms with Gasteiger partial charge in [0.25, 0.3) is 0 Å². The van der Waals surface area contributed by atoms with Gasteiger partial charge in [-0.25, -0.2) is 0 Å². The van der Waals surface area contributed by atoms with Gasteiger partial charge in [-0.2, -0.15) is 5.26 Å². The van der Waals surface area contributed by atoms with Gasteiger partial charge >= 0.3 is 0 Å². The maximum absolute atomic E-state index is 9.26. The van der Waals surface area contributed by atoms with Crippen LogP contribution in [0, 0.1) is 11.3 Å². The molecule has 1 heterocycles. The second kappa shape index (κ2) is 9.37. The van der Waals surface area contributed by atoms with E-state index in [4.69, 9.17) is 0 Å². The number of rotatable bonds is 8. The lowest BCUT2D eigenvalue weighted by Gasteiger charge is -2.29. The molecule has 1 fully saturated rings. The molecule has 0 aliphatic carbocycles. The van der Waals surface area contributed by atoms with Gasteiger partial charge < -0.3 is 4.90 Å². The van der Waals surface area contributed by atoms with Crippen molar-refractivity contribution in [2.45, 2.75) is 83.7 Å². The van der Waals surface area contributed by atoms with Crippen molar-refractivity contribution >= 4 is 0 Å². The largest absolute Gasteiger partial charge is 0.300 e. The summed E-state index contributed by atoms with van der Waals surface area (Å²) in [6.45, 7) is 9.78. The fraction of sp³-hybridized carbons (Fsp3) is 0.941. The standard InChI is InChI=1S/C17H33N3/c1-4-16-11-7-6-9-13-20(16)14-10-8-12-17(3,15-18)19-5-2/h16,19H,4-14H2,1-3H3. The van der Waals surface area contributed by atoms with E-state index >= 15 is 0 Å². The normalized spacial score (nSPS) is 23.8. The first kappa shape index (κ1) is 17.5. The second-order valence-corrected chi connectivity index (χ2v) is 6.38. The van der Waals surface area contributed by atoms with E-state index in [1.165, 1.54) is 51.6 Å². The van der Waals surface area contributed by atoms with Crippen molar-refractivity contribution in [3.8, 4) is 6.07 Å². The number of hydrogen-bond acceptors (Lipinski definition) is 3. The number of nitrogens with zero attached hydrogens (tertiary/aromatic N) is 2. The molecule has 2 atom stereocenters. The number of hydrogen-bond donors (Lipinski definition) is 1. The molecular formula is C17H33N3. The molecule has 0 aromatic carbocycles. The van der Waals surface area contributed by atoms with Crippen LogP contribution in [0.5, 0.6) is 0 Å². The highest BCUT2D eigenvalue weighted by Gasteiger charge is 2.22. The highest BCUT2D eigenvalue weighted by atomic mass is 15.1. The van der Waals surface area contributed by atoms with E-state index < -0.39 is 0 Å². The van der Waals surface area contributed by atoms with Crippen LogP contribution in [0.4, 0.5) is 0 Å². The lowest BCUT2D eigenvalue weighted by atomic mass is 9.96. The Hall–Kier alpha value is -0.590. The molecule has 116 valence electrons. The van der Waals surface area contributed by atoms with E-state index in [1.807, 2.05) is 6.92 Å². The fourth-order valence-corrected chi connectivity index (χ4v) is 3.36. The Bertz CT molecular complexity index is 297. The molecule has 3 heteroatoms. The topological polar surface area (TPSA) is 39.1 Å². The van der Waals surface area contributed by atoms with Crippen LogP contribution >= 0.6 is 0 Å². The van der Waals surface area contributed by atoms with Crippen LogP contribution in [-0.4, -0.2) is 36.1 Å². The Morgan fingerprint density at radius 3 is 2.70 bits per heavy atom. The molecule has 0 aromatic heterocycles. The van der Waals surface area contributed by atoms with Crippen molar-refractivity contribution in [3.63, 3.8) is 0 Å². The molecule has 0 spiro atoms. The quantitative estimate of drug-likeness (QED) is 0.689. The van der Waals surface area contributed by atoms with Gasteiger partial charge in [0, 0.05) is 6.04 Å². The average Bonchev–Trinajstić information content (AvgIpc) is 2.69. The van der Waals surface area contributed by atoms with E-state index in [9.17, 15) is 5.26 Å². The Labute approximate surface area is 125 Å². The fourth-order valence-electron chi connectivity index (χ4n) is 3.36. The average molecular weight is 279 g/mol. The van der Waals surface area contributed by atoms with Crippen molar-refractivity contribution in [3.05, 3.63) is 0 Å². The number of likely N-dealkylation sites (tertiary alicyclic amines) is 1. The third-order valence-electron chi connectivity index (χ3n) is 4.66. The zero-order valence-corrected chi connectivity index (χ0v) is 13.7. The van der Waals surface area contributed by atoms with Crippen molar-refractivity contribution in [2.75, 3.05) is 19.6 Å². The van der Waals surface area contributed by atoms with Gasteiger partial charge in [-0.05, 0) is 65.1 Å². The first-order chi connectivity index (χ1) is 9.65. The molecule has 20 heavy (non-hydrogen) atoms. The summed E-state index contributed by atoms with van der Waals surface area (Å²) in [7, 11) is 0. The predicted octanol–water partition coefficient (Wildman–Crippen LogP) is 3.70. The van der Waals surface area contributed by atoms with Gasteiger partial charge in [0.1, 0.15) is 5.54 Å². The molecule has 0 saturated carbocycles. The van der Waals surface area contributed by atoms with E-state index in [-0.39, 0.29) is 5.54 Å². The lowest BCUT2D eigenvalue weighted by Crippen LogP contribution is -2.41. The molecule has 0 amide bonds. The molecule has 1 rings (SSSR count). The summed E-state index contributed by atoms with van der Waals surface area (Å²) in [5, 5.41) is 12.6. The summed E-state index contributed by atoms with van der Waals surface area (Å²) < 4.78 is 0. The molecule has 1 N–H and O–H groups in total. The van der Waals surface area contributed by atoms with Crippen molar-refractivity contribution in [2.24, 2.45) is 0 Å². The predicted molar refractivity (Wildman–Crippen MR) is 85.7 cm³/mol. The van der Waals surface area contributed by atoms with E-state index in [2.05, 4.69) is 30.1 Å². The van der Waals surface area contributed by atoms with Gasteiger partial charge in [0.15, 0.2) is 0 Å². The number of nitrogens with one attached hydrogen (secondary N) is 1. The van der Waals surface area contributed by atoms with Gasteiger partial charge in [0.05, 0.1) is 6.07 Å². The Morgan fingerprint density at radius 2 is 2.05 bits per heavy atom. The molecular weight excluding hydrogens is 246 g/mol. The molecule has 3 nitrogen and oxygen atoms in total. The van der Waals surface area contributed by atoms with E-state index in [1.54, 1.807) is 0 Å². The molecule has 1 saturated heterocycles. The molecule has 1 aliphatic heterocycles. The summed E-state index contributed by atoms with van der Waals surface area (Å²) in [4.78, 5) is 2.70. The van der Waals surface area contributed by atoms with Gasteiger partial charge in [0.2, 0.25) is 0 Å². The van der Waals surface area contributed by atoms with Gasteiger partial charge in [-0.3, -0.25) is 5.32 Å². The Kier molecular flexibility index (Phi) is 8.18. The summed E-state index contributed by atoms with van der Waals surface area (Å²) in [6.07, 6.45) is 10.2. The zero-order chi connectivity index (χ0) is 14.8. The van der Waals surface area contributed by atoms with Crippen molar-refractivity contribution < 1.29 is 0 Å². The molecule has 0 bridgehead atoms. The molecule has 1 aliphatic rings. The van der Waals surface area contributed by atoms with Crippen LogP contribution < -0.4 is 5.32 Å². The zero-order valence-electron chi connectivity index (χ0n) is 13.7. The first-order valence-electron chi connectivity index (χ1n) is 8.55. The minimum absolute atomic E-state index is 0.336. The van der Waals surface area contributed by atoms with Crippen LogP contribution in [0.25, 0.3) is 0 Å². The van der Waals surface area contributed by atoms with Crippen molar-refractivity contribution in [1.29, 1.82) is 5.26 Å². The number of nitriles is 1. The van der Waals surface area contributed by atoms with Gasteiger partial charge in [-0.15, -0.1) is 0 Å². The minimum atomic E-state index is -0.336. The minimum Gasteiger partial charge on any atom is -0.300 e. The second-order valence-electron chi connectivity index (χ2n) is 6.38. The molecule has 2 unspecified atom stereocenters.